The number of nitrogens with two attached hydrogens (primary N) is 1. The van der Waals surface area contributed by atoms with Crippen LogP contribution < -0.4 is 5.73 Å². The Morgan fingerprint density at radius 1 is 1.47 bits per heavy atom. The number of halogens is 2. The smallest absolute Gasteiger partial charge is 0.181 e. The quantitative estimate of drug-likeness (QED) is 0.855. The summed E-state index contributed by atoms with van der Waals surface area (Å²) in [6, 6.07) is 4.90. The van der Waals surface area contributed by atoms with Gasteiger partial charge >= 0.3 is 0 Å². The van der Waals surface area contributed by atoms with Gasteiger partial charge in [0.05, 0.1) is 9.90 Å². The predicted molar refractivity (Wildman–Crippen MR) is 74.9 cm³/mol. The van der Waals surface area contributed by atoms with Crippen LogP contribution in [0.4, 0.5) is 9.52 Å². The first-order valence-corrected chi connectivity index (χ1v) is 7.45. The molecule has 6 heteroatoms. The van der Waals surface area contributed by atoms with Crippen LogP contribution in [0.1, 0.15) is 11.3 Å². The van der Waals surface area contributed by atoms with E-state index in [2.05, 4.69) is 20.9 Å². The minimum atomic E-state index is -0.226. The van der Waals surface area contributed by atoms with E-state index in [0.717, 1.165) is 19.9 Å². The first-order chi connectivity index (χ1) is 8.04. The Hall–Kier alpha value is -0.590. The van der Waals surface area contributed by atoms with Crippen molar-refractivity contribution in [2.24, 2.45) is 0 Å². The monoisotopic (exact) mass is 332 g/mol. The van der Waals surface area contributed by atoms with Gasteiger partial charge in [-0.2, -0.15) is 0 Å². The molecule has 0 bridgehead atoms. The molecule has 2 aromatic rings. The molecule has 2 nitrogen and oxygen atoms in total. The fourth-order valence-electron chi connectivity index (χ4n) is 1.38. The third kappa shape index (κ3) is 3.43. The zero-order valence-corrected chi connectivity index (χ0v) is 12.3. The summed E-state index contributed by atoms with van der Waals surface area (Å²) in [5, 5.41) is 0.574. The fourth-order valence-corrected chi connectivity index (χ4v) is 3.85. The molecule has 0 atom stereocenters. The van der Waals surface area contributed by atoms with Crippen LogP contribution >= 0.6 is 39.0 Å². The lowest BCUT2D eigenvalue weighted by Gasteiger charge is -2.02. The summed E-state index contributed by atoms with van der Waals surface area (Å²) in [5.74, 6) is 0.481. The van der Waals surface area contributed by atoms with Crippen molar-refractivity contribution in [3.8, 4) is 0 Å². The van der Waals surface area contributed by atoms with Gasteiger partial charge in [-0.25, -0.2) is 9.37 Å². The highest BCUT2D eigenvalue weighted by Gasteiger charge is 2.07. The normalized spacial score (nSPS) is 10.8. The second-order valence-electron chi connectivity index (χ2n) is 3.49. The number of anilines is 1. The molecule has 90 valence electrons. The number of thioether (sulfide) groups is 1. The summed E-state index contributed by atoms with van der Waals surface area (Å²) < 4.78 is 15.0. The summed E-state index contributed by atoms with van der Waals surface area (Å²) in [7, 11) is 0. The van der Waals surface area contributed by atoms with Crippen LogP contribution in [-0.2, 0) is 5.75 Å². The Kier molecular flexibility index (Phi) is 4.06. The van der Waals surface area contributed by atoms with E-state index in [1.807, 2.05) is 13.0 Å². The van der Waals surface area contributed by atoms with Crippen molar-refractivity contribution in [2.75, 3.05) is 5.73 Å². The summed E-state index contributed by atoms with van der Waals surface area (Å²) >= 11 is 6.37. The molecule has 0 aliphatic carbocycles. The van der Waals surface area contributed by atoms with Gasteiger partial charge in [-0.05, 0) is 30.7 Å². The maximum atomic E-state index is 13.2. The van der Waals surface area contributed by atoms with Gasteiger partial charge < -0.3 is 5.73 Å². The van der Waals surface area contributed by atoms with E-state index in [9.17, 15) is 4.39 Å². The van der Waals surface area contributed by atoms with Crippen molar-refractivity contribution in [2.45, 2.75) is 16.9 Å². The molecule has 17 heavy (non-hydrogen) atoms. The van der Waals surface area contributed by atoms with Gasteiger partial charge in [-0.1, -0.05) is 27.3 Å². The molecule has 1 heterocycles. The molecule has 0 radical (unpaired) electrons. The van der Waals surface area contributed by atoms with Gasteiger partial charge in [0.2, 0.25) is 0 Å². The Morgan fingerprint density at radius 2 is 2.24 bits per heavy atom. The highest BCUT2D eigenvalue weighted by atomic mass is 79.9. The highest BCUT2D eigenvalue weighted by molar-refractivity contribution is 9.10. The van der Waals surface area contributed by atoms with Crippen molar-refractivity contribution < 1.29 is 4.39 Å². The van der Waals surface area contributed by atoms with Crippen LogP contribution in [0, 0.1) is 12.7 Å². The molecule has 1 aromatic carbocycles. The number of nitrogen functional groups attached to an aromatic ring is 1. The Morgan fingerprint density at radius 3 is 2.82 bits per heavy atom. The van der Waals surface area contributed by atoms with Gasteiger partial charge in [0.25, 0.3) is 0 Å². The van der Waals surface area contributed by atoms with E-state index in [4.69, 9.17) is 5.73 Å². The Balaban J connectivity index is 2.09. The highest BCUT2D eigenvalue weighted by Crippen LogP contribution is 2.33. The van der Waals surface area contributed by atoms with Crippen LogP contribution in [0.2, 0.25) is 0 Å². The minimum absolute atomic E-state index is 0.226. The minimum Gasteiger partial charge on any atom is -0.375 e. The number of nitrogens with zero attached hydrogens (tertiary/aromatic N) is 1. The summed E-state index contributed by atoms with van der Waals surface area (Å²) in [4.78, 5) is 4.15. The molecular formula is C11H10BrFN2S2. The van der Waals surface area contributed by atoms with E-state index >= 15 is 0 Å². The van der Waals surface area contributed by atoms with Crippen molar-refractivity contribution in [1.82, 2.24) is 4.98 Å². The van der Waals surface area contributed by atoms with Crippen molar-refractivity contribution in [1.29, 1.82) is 0 Å². The molecule has 0 saturated carbocycles. The lowest BCUT2D eigenvalue weighted by Crippen LogP contribution is -1.84. The number of aromatic nitrogens is 1. The van der Waals surface area contributed by atoms with Crippen LogP contribution in [-0.4, -0.2) is 4.98 Å². The Labute approximate surface area is 116 Å². The number of thiazole rings is 1. The molecule has 0 unspecified atom stereocenters. The lowest BCUT2D eigenvalue weighted by molar-refractivity contribution is 0.625. The number of rotatable bonds is 3. The first kappa shape index (κ1) is 12.9. The van der Waals surface area contributed by atoms with Gasteiger partial charge in [-0.15, -0.1) is 11.8 Å². The number of hydrogen-bond donors (Lipinski definition) is 1. The zero-order chi connectivity index (χ0) is 12.4. The zero-order valence-electron chi connectivity index (χ0n) is 9.04. The third-order valence-corrected chi connectivity index (χ3v) is 4.94. The van der Waals surface area contributed by atoms with Gasteiger partial charge in [0.1, 0.15) is 5.82 Å². The summed E-state index contributed by atoms with van der Waals surface area (Å²) in [6.45, 7) is 1.93. The van der Waals surface area contributed by atoms with E-state index in [-0.39, 0.29) is 5.82 Å². The van der Waals surface area contributed by atoms with Crippen molar-refractivity contribution in [3.63, 3.8) is 0 Å². The molecule has 0 spiro atoms. The van der Waals surface area contributed by atoms with Crippen molar-refractivity contribution >= 4 is 44.2 Å². The molecule has 0 fully saturated rings. The number of aryl methyl sites for hydroxylation is 1. The average Bonchev–Trinajstić information content (AvgIpc) is 2.53. The largest absolute Gasteiger partial charge is 0.375 e. The molecular weight excluding hydrogens is 323 g/mol. The lowest BCUT2D eigenvalue weighted by atomic mass is 10.2. The standard InChI is InChI=1S/C11H10BrFN2S2/c1-6-10(17-11(14)15-6)16-5-7-2-8(12)4-9(13)3-7/h2-4H,5H2,1H3,(H2,14,15). The molecule has 0 saturated heterocycles. The topological polar surface area (TPSA) is 38.9 Å². The van der Waals surface area contributed by atoms with Gasteiger partial charge in [0, 0.05) is 10.2 Å². The van der Waals surface area contributed by atoms with Crippen molar-refractivity contribution in [3.05, 3.63) is 39.7 Å². The molecule has 2 N–H and O–H groups in total. The molecule has 0 aliphatic heterocycles. The third-order valence-electron chi connectivity index (χ3n) is 2.06. The number of hydrogen-bond acceptors (Lipinski definition) is 4. The van der Waals surface area contributed by atoms with Crippen LogP contribution in [0.5, 0.6) is 0 Å². The Bertz CT molecular complexity index is 522. The van der Waals surface area contributed by atoms with E-state index in [0.29, 0.717) is 10.9 Å². The molecule has 0 amide bonds. The van der Waals surface area contributed by atoms with E-state index < -0.39 is 0 Å². The average molecular weight is 333 g/mol. The molecule has 1 aromatic heterocycles. The second kappa shape index (κ2) is 5.37. The van der Waals surface area contributed by atoms with E-state index in [1.54, 1.807) is 11.8 Å². The van der Waals surface area contributed by atoms with Gasteiger partial charge in [-0.3, -0.25) is 0 Å². The van der Waals surface area contributed by atoms with Gasteiger partial charge in [0.15, 0.2) is 5.13 Å². The maximum Gasteiger partial charge on any atom is 0.181 e. The molecule has 0 aliphatic rings. The van der Waals surface area contributed by atoms with Crippen LogP contribution in [0.25, 0.3) is 0 Å². The predicted octanol–water partition coefficient (Wildman–Crippen LogP) is 4.23. The SMILES string of the molecule is Cc1nc(N)sc1SCc1cc(F)cc(Br)c1. The summed E-state index contributed by atoms with van der Waals surface area (Å²) in [6.07, 6.45) is 0. The number of benzene rings is 1. The van der Waals surface area contributed by atoms with Crippen LogP contribution in [0.15, 0.2) is 26.9 Å². The van der Waals surface area contributed by atoms with E-state index in [1.165, 1.54) is 23.5 Å². The fraction of sp³-hybridized carbons (Fsp3) is 0.182. The maximum absolute atomic E-state index is 13.2. The second-order valence-corrected chi connectivity index (χ2v) is 6.68. The van der Waals surface area contributed by atoms with Crippen LogP contribution in [0.3, 0.4) is 0 Å². The first-order valence-electron chi connectivity index (χ1n) is 4.85. The molecule has 2 rings (SSSR count). The summed E-state index contributed by atoms with van der Waals surface area (Å²) in [5.41, 5.74) is 7.50.